The molecular formula is C26H26N4O4S. The van der Waals surface area contributed by atoms with E-state index in [-0.39, 0.29) is 16.6 Å². The van der Waals surface area contributed by atoms with Gasteiger partial charge in [-0.2, -0.15) is 0 Å². The second kappa shape index (κ2) is 10.1. The van der Waals surface area contributed by atoms with E-state index in [2.05, 4.69) is 10.0 Å². The van der Waals surface area contributed by atoms with Crippen LogP contribution in [0, 0.1) is 0 Å². The Morgan fingerprint density at radius 2 is 1.77 bits per heavy atom. The number of carbonyl (C=O) groups is 1. The van der Waals surface area contributed by atoms with E-state index < -0.39 is 16.1 Å². The Balaban J connectivity index is 1.64. The van der Waals surface area contributed by atoms with Gasteiger partial charge in [0.25, 0.3) is 0 Å². The minimum atomic E-state index is -3.73. The molecule has 9 heteroatoms. The minimum Gasteiger partial charge on any atom is -0.495 e. The third-order valence-corrected chi connectivity index (χ3v) is 7.11. The summed E-state index contributed by atoms with van der Waals surface area (Å²) in [4.78, 5) is 17.7. The van der Waals surface area contributed by atoms with Crippen molar-refractivity contribution in [1.29, 1.82) is 0 Å². The summed E-state index contributed by atoms with van der Waals surface area (Å²) < 4.78 is 34.1. The first-order chi connectivity index (χ1) is 16.8. The average molecular weight is 491 g/mol. The van der Waals surface area contributed by atoms with Crippen molar-refractivity contribution >= 4 is 33.0 Å². The third kappa shape index (κ3) is 5.11. The Hall–Kier alpha value is -3.95. The Morgan fingerprint density at radius 3 is 2.46 bits per heavy atom. The first-order valence-electron chi connectivity index (χ1n) is 10.9. The first kappa shape index (κ1) is 24.2. The second-order valence-corrected chi connectivity index (χ2v) is 9.68. The molecule has 1 unspecified atom stereocenters. The van der Waals surface area contributed by atoms with E-state index in [1.165, 1.54) is 26.3 Å². The quantitative estimate of drug-likeness (QED) is 0.369. The lowest BCUT2D eigenvalue weighted by Gasteiger charge is -2.18. The van der Waals surface area contributed by atoms with Gasteiger partial charge in [0.2, 0.25) is 15.9 Å². The zero-order chi connectivity index (χ0) is 25.0. The topological polar surface area (TPSA) is 102 Å². The maximum absolute atomic E-state index is 13.0. The Bertz CT molecular complexity index is 1490. The molecule has 0 aliphatic carbocycles. The molecule has 0 saturated carbocycles. The maximum atomic E-state index is 13.0. The molecule has 0 saturated heterocycles. The molecule has 8 nitrogen and oxygen atoms in total. The van der Waals surface area contributed by atoms with Crippen molar-refractivity contribution in [3.8, 4) is 5.75 Å². The molecule has 0 spiro atoms. The molecule has 4 aromatic rings. The van der Waals surface area contributed by atoms with Gasteiger partial charge in [0.05, 0.1) is 18.1 Å². The highest BCUT2D eigenvalue weighted by Crippen LogP contribution is 2.26. The predicted octanol–water partition coefficient (Wildman–Crippen LogP) is 3.41. The van der Waals surface area contributed by atoms with Gasteiger partial charge in [-0.15, -0.1) is 0 Å². The number of aromatic nitrogens is 2. The van der Waals surface area contributed by atoms with Crippen LogP contribution in [-0.2, 0) is 21.9 Å². The van der Waals surface area contributed by atoms with Gasteiger partial charge in [0.1, 0.15) is 22.5 Å². The fourth-order valence-corrected chi connectivity index (χ4v) is 4.77. The lowest BCUT2D eigenvalue weighted by molar-refractivity contribution is -0.117. The number of methoxy groups -OCH3 is 1. The molecule has 4 rings (SSSR count). The number of sulfonamides is 1. The van der Waals surface area contributed by atoms with Crippen molar-refractivity contribution in [1.82, 2.24) is 19.6 Å². The number of nitrogens with zero attached hydrogens (tertiary/aromatic N) is 2. The number of amides is 1. The van der Waals surface area contributed by atoms with E-state index in [4.69, 9.17) is 9.72 Å². The molecule has 0 radical (unpaired) electrons. The molecule has 0 bridgehead atoms. The number of hydrogen-bond donors (Lipinski definition) is 2. The number of nitrogens with one attached hydrogen (secondary N) is 2. The van der Waals surface area contributed by atoms with Gasteiger partial charge < -0.3 is 14.6 Å². The van der Waals surface area contributed by atoms with Crippen LogP contribution in [0.1, 0.15) is 23.0 Å². The van der Waals surface area contributed by atoms with Crippen LogP contribution in [0.25, 0.3) is 17.1 Å². The van der Waals surface area contributed by atoms with Gasteiger partial charge in [-0.25, -0.2) is 18.1 Å². The molecule has 35 heavy (non-hydrogen) atoms. The zero-order valence-corrected chi connectivity index (χ0v) is 20.4. The van der Waals surface area contributed by atoms with E-state index in [1.54, 1.807) is 18.2 Å². The number of carbonyl (C=O) groups excluding carboxylic acids is 1. The maximum Gasteiger partial charge on any atom is 0.244 e. The van der Waals surface area contributed by atoms with Crippen LogP contribution < -0.4 is 14.8 Å². The normalized spacial score (nSPS) is 12.7. The van der Waals surface area contributed by atoms with Gasteiger partial charge in [-0.1, -0.05) is 48.5 Å². The number of para-hydroxylation sites is 2. The van der Waals surface area contributed by atoms with Gasteiger partial charge in [0.15, 0.2) is 0 Å². The lowest BCUT2D eigenvalue weighted by atomic mass is 10.1. The van der Waals surface area contributed by atoms with Crippen LogP contribution >= 0.6 is 0 Å². The number of rotatable bonds is 8. The smallest absolute Gasteiger partial charge is 0.244 e. The summed E-state index contributed by atoms with van der Waals surface area (Å²) in [5.41, 5.74) is 3.23. The molecule has 1 amide bonds. The molecular weight excluding hydrogens is 464 g/mol. The van der Waals surface area contributed by atoms with E-state index in [1.807, 2.05) is 66.2 Å². The van der Waals surface area contributed by atoms with E-state index in [0.29, 0.717) is 11.4 Å². The van der Waals surface area contributed by atoms with Crippen LogP contribution in [0.3, 0.4) is 0 Å². The van der Waals surface area contributed by atoms with Crippen LogP contribution in [0.15, 0.2) is 83.8 Å². The fraction of sp³-hybridized carbons (Fsp3) is 0.154. The molecule has 180 valence electrons. The van der Waals surface area contributed by atoms with Crippen molar-refractivity contribution in [2.45, 2.75) is 10.9 Å². The number of benzene rings is 3. The summed E-state index contributed by atoms with van der Waals surface area (Å²) in [6.45, 7) is 0. The minimum absolute atomic E-state index is 0.00748. The van der Waals surface area contributed by atoms with Crippen LogP contribution in [0.5, 0.6) is 5.75 Å². The molecule has 1 atom stereocenters. The molecule has 2 N–H and O–H groups in total. The fourth-order valence-electron chi connectivity index (χ4n) is 3.84. The van der Waals surface area contributed by atoms with Gasteiger partial charge in [-0.05, 0) is 48.5 Å². The van der Waals surface area contributed by atoms with Gasteiger partial charge in [0, 0.05) is 13.1 Å². The van der Waals surface area contributed by atoms with Gasteiger partial charge in [-0.3, -0.25) is 4.79 Å². The Morgan fingerprint density at radius 1 is 1.06 bits per heavy atom. The summed E-state index contributed by atoms with van der Waals surface area (Å²) in [7, 11) is 0.919. The van der Waals surface area contributed by atoms with Crippen molar-refractivity contribution in [3.05, 3.63) is 95.8 Å². The van der Waals surface area contributed by atoms with Crippen molar-refractivity contribution in [3.63, 3.8) is 0 Å². The van der Waals surface area contributed by atoms with Crippen molar-refractivity contribution in [2.24, 2.45) is 7.05 Å². The van der Waals surface area contributed by atoms with E-state index >= 15 is 0 Å². The highest BCUT2D eigenvalue weighted by molar-refractivity contribution is 7.89. The van der Waals surface area contributed by atoms with E-state index in [0.717, 1.165) is 16.6 Å². The largest absolute Gasteiger partial charge is 0.495 e. The zero-order valence-electron chi connectivity index (χ0n) is 19.6. The monoisotopic (exact) mass is 490 g/mol. The molecule has 0 fully saturated rings. The molecule has 1 heterocycles. The highest BCUT2D eigenvalue weighted by Gasteiger charge is 2.22. The van der Waals surface area contributed by atoms with Crippen molar-refractivity contribution < 1.29 is 17.9 Å². The number of imidazole rings is 1. The Labute approximate surface area is 204 Å². The number of hydrogen-bond acceptors (Lipinski definition) is 5. The molecule has 0 aliphatic heterocycles. The summed E-state index contributed by atoms with van der Waals surface area (Å²) in [5.74, 6) is 0.567. The molecule has 1 aromatic heterocycles. The highest BCUT2D eigenvalue weighted by atomic mass is 32.2. The molecule has 3 aromatic carbocycles. The third-order valence-electron chi connectivity index (χ3n) is 5.67. The average Bonchev–Trinajstić information content (AvgIpc) is 3.22. The van der Waals surface area contributed by atoms with Crippen LogP contribution in [-0.4, -0.2) is 38.0 Å². The summed E-state index contributed by atoms with van der Waals surface area (Å²) >= 11 is 0. The summed E-state index contributed by atoms with van der Waals surface area (Å²) in [5, 5.41) is 3.04. The standard InChI is InChI=1S/C26H26N4O4S/c1-27-35(32,33)23-17-18(13-15-22(23)34-3)14-16-24(31)29-25(19-9-5-4-6-10-19)26-28-20-11-7-8-12-21(20)30(26)2/h4-17,25,27H,1-3H3,(H,29,31)/b16-14+. The second-order valence-electron chi connectivity index (χ2n) is 7.82. The van der Waals surface area contributed by atoms with Gasteiger partial charge >= 0.3 is 0 Å². The first-order valence-corrected chi connectivity index (χ1v) is 12.4. The summed E-state index contributed by atoms with van der Waals surface area (Å²) in [6.07, 6.45) is 2.93. The van der Waals surface area contributed by atoms with E-state index in [9.17, 15) is 13.2 Å². The van der Waals surface area contributed by atoms with Crippen LogP contribution in [0.4, 0.5) is 0 Å². The van der Waals surface area contributed by atoms with Crippen molar-refractivity contribution in [2.75, 3.05) is 14.2 Å². The molecule has 0 aliphatic rings. The predicted molar refractivity (Wildman–Crippen MR) is 135 cm³/mol. The number of ether oxygens (including phenoxy) is 1. The lowest BCUT2D eigenvalue weighted by Crippen LogP contribution is -2.29. The SMILES string of the molecule is CNS(=O)(=O)c1cc(/C=C/C(=O)NC(c2ccccc2)c2nc3ccccc3n2C)ccc1OC. The number of aryl methyl sites for hydroxylation is 1. The Kier molecular flexibility index (Phi) is 6.99. The summed E-state index contributed by atoms with van der Waals surface area (Å²) in [6, 6.07) is 21.6. The van der Waals surface area contributed by atoms with Crippen LogP contribution in [0.2, 0.25) is 0 Å². The number of fused-ring (bicyclic) bond motifs is 1.